The molecule has 2 heterocycles. The predicted molar refractivity (Wildman–Crippen MR) is 105 cm³/mol. The second-order valence-electron chi connectivity index (χ2n) is 7.03. The van der Waals surface area contributed by atoms with Gasteiger partial charge in [0, 0.05) is 26.2 Å². The van der Waals surface area contributed by atoms with Crippen LogP contribution in [-0.2, 0) is 6.16 Å². The van der Waals surface area contributed by atoms with Crippen LogP contribution >= 0.6 is 7.56 Å². The zero-order chi connectivity index (χ0) is 16.2. The van der Waals surface area contributed by atoms with Gasteiger partial charge in [-0.3, -0.25) is 0 Å². The first kappa shape index (κ1) is 19.0. The molecule has 0 N–H and O–H groups in total. The molecule has 2 fully saturated rings. The van der Waals surface area contributed by atoms with Gasteiger partial charge in [-0.05, 0) is 43.4 Å². The van der Waals surface area contributed by atoms with Crippen molar-refractivity contribution < 1.29 is 17.0 Å². The van der Waals surface area contributed by atoms with Gasteiger partial charge in [0.25, 0.3) is 0 Å². The largest absolute Gasteiger partial charge is 1.00 e. The summed E-state index contributed by atoms with van der Waals surface area (Å²) in [6, 6.07) is 22.6. The third-order valence-corrected chi connectivity index (χ3v) is 10.1. The van der Waals surface area contributed by atoms with Crippen LogP contribution < -0.4 is 22.3 Å². The monoisotopic (exact) mass is 418 g/mol. The van der Waals surface area contributed by atoms with Crippen molar-refractivity contribution in [3.63, 3.8) is 0 Å². The molecular weight excluding hydrogens is 391 g/mol. The van der Waals surface area contributed by atoms with Crippen LogP contribution in [0.5, 0.6) is 0 Å². The highest BCUT2D eigenvalue weighted by Gasteiger charge is 2.54. The highest BCUT2D eigenvalue weighted by molar-refractivity contribution is 7.78. The average Bonchev–Trinajstić information content (AvgIpc) is 3.36. The Morgan fingerprint density at radius 3 is 1.56 bits per heavy atom. The van der Waals surface area contributed by atoms with Crippen LogP contribution in [-0.4, -0.2) is 35.5 Å². The zero-order valence-corrected chi connectivity index (χ0v) is 17.3. The van der Waals surface area contributed by atoms with Crippen LogP contribution in [0.4, 0.5) is 0 Å². The molecule has 2 aromatic rings. The Labute approximate surface area is 163 Å². The first-order valence-corrected chi connectivity index (χ1v) is 11.3. The summed E-state index contributed by atoms with van der Waals surface area (Å²) in [5, 5.41) is 1.58. The maximum atomic E-state index is 2.88. The van der Waals surface area contributed by atoms with E-state index in [-0.39, 0.29) is 17.0 Å². The molecule has 2 aliphatic heterocycles. The van der Waals surface area contributed by atoms with Crippen molar-refractivity contribution in [1.29, 1.82) is 0 Å². The summed E-state index contributed by atoms with van der Waals surface area (Å²) in [6.07, 6.45) is 6.63. The predicted octanol–water partition coefficient (Wildman–Crippen LogP) is 1.56. The Balaban J connectivity index is 0.00000182. The third-order valence-electron chi connectivity index (χ3n) is 5.52. The molecule has 25 heavy (non-hydrogen) atoms. The summed E-state index contributed by atoms with van der Waals surface area (Å²) in [5.41, 5.74) is 1.49. The Morgan fingerprint density at radius 2 is 1.08 bits per heavy atom. The van der Waals surface area contributed by atoms with Gasteiger partial charge in [-0.25, -0.2) is 0 Å². The Hall–Kier alpha value is -0.730. The van der Waals surface area contributed by atoms with Crippen molar-refractivity contribution in [2.75, 3.05) is 26.2 Å². The fourth-order valence-electron chi connectivity index (χ4n) is 4.36. The zero-order valence-electron chi connectivity index (χ0n) is 14.9. The van der Waals surface area contributed by atoms with Crippen LogP contribution in [0.1, 0.15) is 31.2 Å². The highest BCUT2D eigenvalue weighted by atomic mass is 79.9. The summed E-state index contributed by atoms with van der Waals surface area (Å²) in [5.74, 6) is 0. The van der Waals surface area contributed by atoms with Gasteiger partial charge in [0.2, 0.25) is 0 Å². The standard InChI is InChI=1S/C21H28N2P.BrH/c1-3-11-20(12-4-1)19-24(22-15-7-8-16-22,23-17-9-10-18-23)21-13-5-2-6-14-21;/h1-6,11-14H,7-10,15-19H2;1H/q+1;/p-1. The molecule has 0 saturated carbocycles. The van der Waals surface area contributed by atoms with E-state index in [9.17, 15) is 0 Å². The highest BCUT2D eigenvalue weighted by Crippen LogP contribution is 2.67. The lowest BCUT2D eigenvalue weighted by Crippen LogP contribution is -3.00. The normalized spacial score (nSPS) is 19.0. The van der Waals surface area contributed by atoms with E-state index in [0.717, 1.165) is 0 Å². The first-order chi connectivity index (χ1) is 11.9. The lowest BCUT2D eigenvalue weighted by molar-refractivity contribution is -0.00000500. The van der Waals surface area contributed by atoms with Crippen LogP contribution in [0, 0.1) is 0 Å². The van der Waals surface area contributed by atoms with Gasteiger partial charge in [0.1, 0.15) is 11.5 Å². The molecule has 0 atom stereocenters. The van der Waals surface area contributed by atoms with E-state index in [2.05, 4.69) is 70.0 Å². The van der Waals surface area contributed by atoms with Crippen LogP contribution in [0.3, 0.4) is 0 Å². The average molecular weight is 419 g/mol. The SMILES string of the molecule is [Br-].c1ccc(C[P+](c2ccccc2)(N2CCCC2)N2CCCC2)cc1. The Bertz CT molecular complexity index is 621. The van der Waals surface area contributed by atoms with Gasteiger partial charge in [0.15, 0.2) is 7.56 Å². The second kappa shape index (κ2) is 8.77. The summed E-state index contributed by atoms with van der Waals surface area (Å²) in [4.78, 5) is 0. The molecule has 2 saturated heterocycles. The molecule has 0 aliphatic carbocycles. The number of rotatable bonds is 5. The van der Waals surface area contributed by atoms with Crippen molar-refractivity contribution in [3.05, 3.63) is 66.2 Å². The minimum atomic E-state index is -1.50. The topological polar surface area (TPSA) is 6.48 Å². The van der Waals surface area contributed by atoms with E-state index in [1.165, 1.54) is 63.6 Å². The number of hydrogen-bond donors (Lipinski definition) is 0. The van der Waals surface area contributed by atoms with Crippen LogP contribution in [0.25, 0.3) is 0 Å². The molecule has 4 rings (SSSR count). The van der Waals surface area contributed by atoms with Gasteiger partial charge in [-0.2, -0.15) is 9.34 Å². The molecule has 0 aromatic heterocycles. The molecule has 2 nitrogen and oxygen atoms in total. The summed E-state index contributed by atoms with van der Waals surface area (Å²) in [7, 11) is -1.50. The third kappa shape index (κ3) is 3.85. The van der Waals surface area contributed by atoms with Gasteiger partial charge in [-0.1, -0.05) is 48.5 Å². The second-order valence-corrected chi connectivity index (χ2v) is 10.5. The fourth-order valence-corrected chi connectivity index (χ4v) is 9.22. The van der Waals surface area contributed by atoms with Crippen molar-refractivity contribution in [1.82, 2.24) is 9.34 Å². The lowest BCUT2D eigenvalue weighted by atomic mass is 10.2. The van der Waals surface area contributed by atoms with Crippen LogP contribution in [0.2, 0.25) is 0 Å². The van der Waals surface area contributed by atoms with E-state index < -0.39 is 7.56 Å². The molecule has 0 unspecified atom stereocenters. The maximum Gasteiger partial charge on any atom is 0.190 e. The Morgan fingerprint density at radius 1 is 0.640 bits per heavy atom. The quantitative estimate of drug-likeness (QED) is 0.679. The molecule has 134 valence electrons. The first-order valence-electron chi connectivity index (χ1n) is 9.38. The number of benzene rings is 2. The molecule has 2 aliphatic rings. The number of nitrogens with zero attached hydrogens (tertiary/aromatic N) is 2. The Kier molecular flexibility index (Phi) is 6.68. The van der Waals surface area contributed by atoms with Crippen molar-refractivity contribution in [2.24, 2.45) is 0 Å². The molecule has 0 bridgehead atoms. The summed E-state index contributed by atoms with van der Waals surface area (Å²) >= 11 is 0. The maximum absolute atomic E-state index is 2.88. The molecule has 0 spiro atoms. The molecule has 2 aromatic carbocycles. The number of hydrogen-bond acceptors (Lipinski definition) is 2. The molecule has 4 heteroatoms. The van der Waals surface area contributed by atoms with Crippen molar-refractivity contribution in [3.8, 4) is 0 Å². The van der Waals surface area contributed by atoms with E-state index >= 15 is 0 Å². The van der Waals surface area contributed by atoms with Crippen molar-refractivity contribution in [2.45, 2.75) is 31.8 Å². The minimum absolute atomic E-state index is 0. The number of halogens is 1. The van der Waals surface area contributed by atoms with Gasteiger partial charge in [0.05, 0.1) is 0 Å². The van der Waals surface area contributed by atoms with E-state index in [0.29, 0.717) is 0 Å². The fraction of sp³-hybridized carbons (Fsp3) is 0.429. The molecule has 0 amide bonds. The van der Waals surface area contributed by atoms with E-state index in [1.807, 2.05) is 0 Å². The molecule has 0 radical (unpaired) electrons. The van der Waals surface area contributed by atoms with Gasteiger partial charge >= 0.3 is 0 Å². The van der Waals surface area contributed by atoms with E-state index in [1.54, 1.807) is 5.30 Å². The minimum Gasteiger partial charge on any atom is -1.00 e. The van der Waals surface area contributed by atoms with Gasteiger partial charge < -0.3 is 17.0 Å². The van der Waals surface area contributed by atoms with Crippen LogP contribution in [0.15, 0.2) is 60.7 Å². The molecular formula is C21H28BrN2P. The summed E-state index contributed by atoms with van der Waals surface area (Å²) < 4.78 is 5.75. The lowest BCUT2D eigenvalue weighted by Gasteiger charge is -2.40. The van der Waals surface area contributed by atoms with Gasteiger partial charge in [-0.15, -0.1) is 0 Å². The summed E-state index contributed by atoms with van der Waals surface area (Å²) in [6.45, 7) is 5.08. The van der Waals surface area contributed by atoms with E-state index in [4.69, 9.17) is 0 Å². The smallest absolute Gasteiger partial charge is 0.190 e. The van der Waals surface area contributed by atoms with Crippen molar-refractivity contribution >= 4 is 12.9 Å².